The van der Waals surface area contributed by atoms with Crippen molar-refractivity contribution >= 4 is 39.6 Å². The minimum absolute atomic E-state index is 0.0656. The lowest BCUT2D eigenvalue weighted by atomic mass is 10.0. The van der Waals surface area contributed by atoms with Gasteiger partial charge in [0.2, 0.25) is 5.91 Å². The molecule has 22 heavy (non-hydrogen) atoms. The fourth-order valence-corrected chi connectivity index (χ4v) is 2.75. The SMILES string of the molecule is O=C1Nc2ncc(Br)cc2C1C=Nc1ccccc1CCO. The van der Waals surface area contributed by atoms with Gasteiger partial charge >= 0.3 is 0 Å². The van der Waals surface area contributed by atoms with E-state index >= 15 is 0 Å². The van der Waals surface area contributed by atoms with Gasteiger partial charge in [0.1, 0.15) is 11.7 Å². The van der Waals surface area contributed by atoms with Crippen molar-refractivity contribution in [3.63, 3.8) is 0 Å². The third-order valence-electron chi connectivity index (χ3n) is 3.48. The van der Waals surface area contributed by atoms with Crippen molar-refractivity contribution in [1.29, 1.82) is 0 Å². The summed E-state index contributed by atoms with van der Waals surface area (Å²) in [6.07, 6.45) is 3.81. The van der Waals surface area contributed by atoms with Gasteiger partial charge in [0.05, 0.1) is 5.69 Å². The quantitative estimate of drug-likeness (QED) is 0.824. The minimum atomic E-state index is -0.456. The number of amides is 1. The van der Waals surface area contributed by atoms with Crippen LogP contribution in [0.15, 0.2) is 46.0 Å². The Bertz CT molecular complexity index is 746. The third kappa shape index (κ3) is 2.93. The highest BCUT2D eigenvalue weighted by Gasteiger charge is 2.30. The molecule has 112 valence electrons. The van der Waals surface area contributed by atoms with Crippen LogP contribution >= 0.6 is 15.9 Å². The molecule has 0 saturated carbocycles. The number of benzene rings is 1. The summed E-state index contributed by atoms with van der Waals surface area (Å²) >= 11 is 3.37. The molecule has 0 aliphatic carbocycles. The summed E-state index contributed by atoms with van der Waals surface area (Å²) in [4.78, 5) is 20.7. The number of para-hydroxylation sites is 1. The lowest BCUT2D eigenvalue weighted by Crippen LogP contribution is -2.13. The number of pyridine rings is 1. The lowest BCUT2D eigenvalue weighted by Gasteiger charge is -2.05. The third-order valence-corrected chi connectivity index (χ3v) is 3.91. The van der Waals surface area contributed by atoms with E-state index in [0.29, 0.717) is 12.2 Å². The lowest BCUT2D eigenvalue weighted by molar-refractivity contribution is -0.115. The molecule has 3 rings (SSSR count). The van der Waals surface area contributed by atoms with Crippen LogP contribution in [-0.2, 0) is 11.2 Å². The molecule has 0 fully saturated rings. The van der Waals surface area contributed by atoms with Crippen molar-refractivity contribution in [3.8, 4) is 0 Å². The van der Waals surface area contributed by atoms with Crippen LogP contribution in [0.1, 0.15) is 17.0 Å². The van der Waals surface area contributed by atoms with Crippen LogP contribution in [-0.4, -0.2) is 28.8 Å². The van der Waals surface area contributed by atoms with Gasteiger partial charge in [-0.15, -0.1) is 0 Å². The molecular formula is C16H14BrN3O2. The fraction of sp³-hybridized carbons (Fsp3) is 0.188. The van der Waals surface area contributed by atoms with Gasteiger partial charge in [-0.05, 0) is 40.0 Å². The van der Waals surface area contributed by atoms with Gasteiger partial charge in [0.15, 0.2) is 0 Å². The number of carbonyl (C=O) groups is 1. The number of anilines is 1. The second-order valence-electron chi connectivity index (χ2n) is 4.94. The molecule has 1 amide bonds. The molecule has 2 aromatic rings. The summed E-state index contributed by atoms with van der Waals surface area (Å²) in [5, 5.41) is 11.8. The van der Waals surface area contributed by atoms with E-state index in [1.807, 2.05) is 30.3 Å². The number of nitrogens with one attached hydrogen (secondary N) is 1. The Hall–Kier alpha value is -2.05. The largest absolute Gasteiger partial charge is 0.396 e. The maximum atomic E-state index is 12.1. The number of aliphatic imine (C=N–C) groups is 1. The minimum Gasteiger partial charge on any atom is -0.396 e. The summed E-state index contributed by atoms with van der Waals surface area (Å²) in [5.74, 6) is -0.0144. The van der Waals surface area contributed by atoms with E-state index in [0.717, 1.165) is 21.3 Å². The Morgan fingerprint density at radius 3 is 3.05 bits per heavy atom. The van der Waals surface area contributed by atoms with Crippen molar-refractivity contribution < 1.29 is 9.90 Å². The van der Waals surface area contributed by atoms with Gasteiger partial charge in [-0.2, -0.15) is 0 Å². The molecule has 2 N–H and O–H groups in total. The number of nitrogens with zero attached hydrogens (tertiary/aromatic N) is 2. The molecule has 1 atom stereocenters. The van der Waals surface area contributed by atoms with E-state index in [9.17, 15) is 4.79 Å². The predicted molar refractivity (Wildman–Crippen MR) is 88.7 cm³/mol. The van der Waals surface area contributed by atoms with Crippen molar-refractivity contribution in [2.24, 2.45) is 4.99 Å². The number of fused-ring (bicyclic) bond motifs is 1. The molecule has 1 aliphatic heterocycles. The molecule has 6 heteroatoms. The van der Waals surface area contributed by atoms with E-state index in [4.69, 9.17) is 5.11 Å². The highest BCUT2D eigenvalue weighted by Crippen LogP contribution is 2.32. The molecule has 2 heterocycles. The summed E-state index contributed by atoms with van der Waals surface area (Å²) in [6, 6.07) is 9.45. The zero-order chi connectivity index (χ0) is 15.5. The van der Waals surface area contributed by atoms with E-state index in [1.54, 1.807) is 12.4 Å². The fourth-order valence-electron chi connectivity index (χ4n) is 2.40. The van der Waals surface area contributed by atoms with Crippen LogP contribution in [0.2, 0.25) is 0 Å². The number of halogens is 1. The standard InChI is InChI=1S/C16H14BrN3O2/c17-11-7-12-13(16(22)20-15(12)19-8-11)9-18-14-4-2-1-3-10(14)5-6-21/h1-4,7-9,13,21H,5-6H2,(H,19,20,22). The first kappa shape index (κ1) is 14.9. The molecule has 1 aromatic carbocycles. The number of hydrogen-bond acceptors (Lipinski definition) is 4. The normalized spacial score (nSPS) is 16.8. The summed E-state index contributed by atoms with van der Waals surface area (Å²) in [7, 11) is 0. The van der Waals surface area contributed by atoms with Crippen molar-refractivity contribution in [2.45, 2.75) is 12.3 Å². The van der Waals surface area contributed by atoms with Crippen LogP contribution in [0, 0.1) is 0 Å². The van der Waals surface area contributed by atoms with Crippen molar-refractivity contribution in [2.75, 3.05) is 11.9 Å². The maximum absolute atomic E-state index is 12.1. The van der Waals surface area contributed by atoms with Crippen LogP contribution < -0.4 is 5.32 Å². The number of aliphatic hydroxyl groups excluding tert-OH is 1. The monoisotopic (exact) mass is 359 g/mol. The first-order valence-corrected chi connectivity index (χ1v) is 7.67. The molecule has 0 saturated heterocycles. The average molecular weight is 360 g/mol. The van der Waals surface area contributed by atoms with Gasteiger partial charge in [0.25, 0.3) is 0 Å². The van der Waals surface area contributed by atoms with Gasteiger partial charge in [-0.3, -0.25) is 9.79 Å². The Balaban J connectivity index is 1.91. The summed E-state index contributed by atoms with van der Waals surface area (Å²) in [6.45, 7) is 0.0656. The Kier molecular flexibility index (Phi) is 4.31. The zero-order valence-corrected chi connectivity index (χ0v) is 13.2. The first-order chi connectivity index (χ1) is 10.7. The number of hydrogen-bond donors (Lipinski definition) is 2. The highest BCUT2D eigenvalue weighted by molar-refractivity contribution is 9.10. The predicted octanol–water partition coefficient (Wildman–Crippen LogP) is 2.82. The topological polar surface area (TPSA) is 74.6 Å². The molecular weight excluding hydrogens is 346 g/mol. The number of carbonyl (C=O) groups excluding carboxylic acids is 1. The number of aliphatic hydroxyl groups is 1. The van der Waals surface area contributed by atoms with E-state index < -0.39 is 5.92 Å². The molecule has 5 nitrogen and oxygen atoms in total. The van der Waals surface area contributed by atoms with Gasteiger partial charge in [-0.25, -0.2) is 4.98 Å². The van der Waals surface area contributed by atoms with Gasteiger partial charge in [-0.1, -0.05) is 18.2 Å². The number of rotatable bonds is 4. The summed E-state index contributed by atoms with van der Waals surface area (Å²) < 4.78 is 0.821. The number of aromatic nitrogens is 1. The van der Waals surface area contributed by atoms with Crippen LogP contribution in [0.4, 0.5) is 11.5 Å². The Labute approximate surface area is 136 Å². The molecule has 0 spiro atoms. The Morgan fingerprint density at radius 1 is 1.41 bits per heavy atom. The molecule has 0 radical (unpaired) electrons. The summed E-state index contributed by atoms with van der Waals surface area (Å²) in [5.41, 5.74) is 2.52. The highest BCUT2D eigenvalue weighted by atomic mass is 79.9. The van der Waals surface area contributed by atoms with E-state index in [1.165, 1.54) is 0 Å². The van der Waals surface area contributed by atoms with Crippen LogP contribution in [0.3, 0.4) is 0 Å². The Morgan fingerprint density at radius 2 is 2.23 bits per heavy atom. The van der Waals surface area contributed by atoms with Crippen molar-refractivity contribution in [3.05, 3.63) is 52.1 Å². The van der Waals surface area contributed by atoms with Crippen molar-refractivity contribution in [1.82, 2.24) is 4.98 Å². The smallest absolute Gasteiger partial charge is 0.238 e. The average Bonchev–Trinajstić information content (AvgIpc) is 2.82. The first-order valence-electron chi connectivity index (χ1n) is 6.88. The van der Waals surface area contributed by atoms with E-state index in [-0.39, 0.29) is 12.5 Å². The molecule has 1 aliphatic rings. The van der Waals surface area contributed by atoms with Gasteiger partial charge < -0.3 is 10.4 Å². The molecule has 0 bridgehead atoms. The van der Waals surface area contributed by atoms with E-state index in [2.05, 4.69) is 31.2 Å². The maximum Gasteiger partial charge on any atom is 0.238 e. The zero-order valence-electron chi connectivity index (χ0n) is 11.7. The second kappa shape index (κ2) is 6.37. The van der Waals surface area contributed by atoms with Gasteiger partial charge in [0, 0.05) is 29.1 Å². The second-order valence-corrected chi connectivity index (χ2v) is 5.85. The van der Waals surface area contributed by atoms with Crippen LogP contribution in [0.5, 0.6) is 0 Å². The van der Waals surface area contributed by atoms with Crippen LogP contribution in [0.25, 0.3) is 0 Å². The molecule has 1 aromatic heterocycles. The molecule has 1 unspecified atom stereocenters.